The van der Waals surface area contributed by atoms with Gasteiger partial charge in [-0.15, -0.1) is 0 Å². The monoisotopic (exact) mass is 318 g/mol. The van der Waals surface area contributed by atoms with Crippen LogP contribution in [0.4, 0.5) is 11.4 Å². The van der Waals surface area contributed by atoms with E-state index in [1.54, 1.807) is 23.1 Å². The van der Waals surface area contributed by atoms with Gasteiger partial charge in [-0.1, -0.05) is 18.5 Å². The molecule has 0 radical (unpaired) electrons. The van der Waals surface area contributed by atoms with Gasteiger partial charge < -0.3 is 16.0 Å². The molecule has 1 aromatic carbocycles. The number of benzene rings is 1. The number of carbonyl (C=O) groups excluding carboxylic acids is 1. The van der Waals surface area contributed by atoms with Gasteiger partial charge in [0.05, 0.1) is 10.7 Å². The SMILES string of the molecule is CC1CCN(C(=O)/C(C#N)=C\Nc2ccc(N)cc2Cl)CC1. The van der Waals surface area contributed by atoms with E-state index in [1.807, 2.05) is 6.07 Å². The number of anilines is 2. The Morgan fingerprint density at radius 2 is 2.18 bits per heavy atom. The maximum absolute atomic E-state index is 12.3. The second-order valence-corrected chi connectivity index (χ2v) is 5.94. The van der Waals surface area contributed by atoms with Crippen LogP contribution in [-0.2, 0) is 4.79 Å². The first-order chi connectivity index (χ1) is 10.5. The highest BCUT2D eigenvalue weighted by molar-refractivity contribution is 6.33. The molecule has 0 aliphatic carbocycles. The number of halogens is 1. The quantitative estimate of drug-likeness (QED) is 0.510. The van der Waals surface area contributed by atoms with Crippen molar-refractivity contribution in [3.05, 3.63) is 35.0 Å². The topological polar surface area (TPSA) is 82.2 Å². The van der Waals surface area contributed by atoms with Crippen molar-refractivity contribution >= 4 is 28.9 Å². The van der Waals surface area contributed by atoms with Crippen molar-refractivity contribution < 1.29 is 4.79 Å². The smallest absolute Gasteiger partial charge is 0.266 e. The molecule has 1 amide bonds. The van der Waals surface area contributed by atoms with Crippen molar-refractivity contribution in [1.82, 2.24) is 4.90 Å². The standard InChI is InChI=1S/C16H19ClN4O/c1-11-4-6-21(7-5-11)16(22)12(9-18)10-20-15-3-2-13(19)8-14(15)17/h2-3,8,10-11,20H,4-7,19H2,1H3/b12-10-. The van der Waals surface area contributed by atoms with E-state index in [9.17, 15) is 10.1 Å². The maximum Gasteiger partial charge on any atom is 0.266 e. The normalized spacial score (nSPS) is 16.2. The second kappa shape index (κ2) is 7.19. The number of amides is 1. The summed E-state index contributed by atoms with van der Waals surface area (Å²) < 4.78 is 0. The number of likely N-dealkylation sites (tertiary alicyclic amines) is 1. The number of nitriles is 1. The van der Waals surface area contributed by atoms with Crippen molar-refractivity contribution in [3.8, 4) is 6.07 Å². The Bertz CT molecular complexity index is 628. The molecule has 2 rings (SSSR count). The van der Waals surface area contributed by atoms with Gasteiger partial charge in [0.15, 0.2) is 0 Å². The van der Waals surface area contributed by atoms with Gasteiger partial charge in [-0.25, -0.2) is 0 Å². The Morgan fingerprint density at radius 1 is 1.50 bits per heavy atom. The minimum atomic E-state index is -0.242. The van der Waals surface area contributed by atoms with E-state index in [0.717, 1.165) is 12.8 Å². The number of nitrogens with two attached hydrogens (primary N) is 1. The third kappa shape index (κ3) is 3.92. The molecule has 1 heterocycles. The van der Waals surface area contributed by atoms with Crippen LogP contribution < -0.4 is 11.1 Å². The van der Waals surface area contributed by atoms with Crippen LogP contribution in [-0.4, -0.2) is 23.9 Å². The lowest BCUT2D eigenvalue weighted by Crippen LogP contribution is -2.38. The lowest BCUT2D eigenvalue weighted by molar-refractivity contribution is -0.128. The molecular weight excluding hydrogens is 300 g/mol. The zero-order chi connectivity index (χ0) is 16.1. The van der Waals surface area contributed by atoms with Crippen molar-refractivity contribution in [2.75, 3.05) is 24.1 Å². The lowest BCUT2D eigenvalue weighted by Gasteiger charge is -2.30. The van der Waals surface area contributed by atoms with Crippen LogP contribution in [0.1, 0.15) is 19.8 Å². The van der Waals surface area contributed by atoms with Crippen LogP contribution in [0.25, 0.3) is 0 Å². The average molecular weight is 319 g/mol. The van der Waals surface area contributed by atoms with E-state index in [4.69, 9.17) is 17.3 Å². The highest BCUT2D eigenvalue weighted by Crippen LogP contribution is 2.24. The van der Waals surface area contributed by atoms with Gasteiger partial charge >= 0.3 is 0 Å². The molecule has 6 heteroatoms. The fraction of sp³-hybridized carbons (Fsp3) is 0.375. The van der Waals surface area contributed by atoms with E-state index in [-0.39, 0.29) is 11.5 Å². The number of carbonyl (C=O) groups is 1. The van der Waals surface area contributed by atoms with E-state index in [0.29, 0.717) is 35.4 Å². The molecule has 116 valence electrons. The Balaban J connectivity index is 2.07. The maximum atomic E-state index is 12.3. The van der Waals surface area contributed by atoms with Crippen molar-refractivity contribution in [2.24, 2.45) is 5.92 Å². The molecule has 1 saturated heterocycles. The minimum Gasteiger partial charge on any atom is -0.399 e. The molecule has 3 N–H and O–H groups in total. The lowest BCUT2D eigenvalue weighted by atomic mass is 9.99. The summed E-state index contributed by atoms with van der Waals surface area (Å²) in [7, 11) is 0. The van der Waals surface area contributed by atoms with Gasteiger partial charge in [0.1, 0.15) is 11.6 Å². The molecule has 0 spiro atoms. The van der Waals surface area contributed by atoms with Crippen LogP contribution in [0.2, 0.25) is 5.02 Å². The minimum absolute atomic E-state index is 0.0717. The largest absolute Gasteiger partial charge is 0.399 e. The van der Waals surface area contributed by atoms with Gasteiger partial charge in [-0.2, -0.15) is 5.26 Å². The molecular formula is C16H19ClN4O. The zero-order valence-corrected chi connectivity index (χ0v) is 13.2. The summed E-state index contributed by atoms with van der Waals surface area (Å²) in [5, 5.41) is 12.5. The molecule has 1 aromatic rings. The van der Waals surface area contributed by atoms with Gasteiger partial charge in [0.25, 0.3) is 5.91 Å². The van der Waals surface area contributed by atoms with E-state index in [1.165, 1.54) is 6.20 Å². The fourth-order valence-corrected chi connectivity index (χ4v) is 2.57. The Hall–Kier alpha value is -2.19. The Labute approximate surface area is 135 Å². The molecule has 0 unspecified atom stereocenters. The molecule has 22 heavy (non-hydrogen) atoms. The van der Waals surface area contributed by atoms with E-state index < -0.39 is 0 Å². The van der Waals surface area contributed by atoms with Crippen LogP contribution >= 0.6 is 11.6 Å². The first kappa shape index (κ1) is 16.2. The number of nitrogens with one attached hydrogen (secondary N) is 1. The number of piperidine rings is 1. The molecule has 1 fully saturated rings. The average Bonchev–Trinajstić information content (AvgIpc) is 2.50. The van der Waals surface area contributed by atoms with E-state index in [2.05, 4.69) is 12.2 Å². The third-order valence-corrected chi connectivity index (χ3v) is 4.10. The molecule has 0 aromatic heterocycles. The first-order valence-corrected chi connectivity index (χ1v) is 7.60. The van der Waals surface area contributed by atoms with Crippen molar-refractivity contribution in [2.45, 2.75) is 19.8 Å². The Morgan fingerprint density at radius 3 is 2.77 bits per heavy atom. The van der Waals surface area contributed by atoms with Gasteiger partial charge in [-0.05, 0) is 37.0 Å². The predicted molar refractivity (Wildman–Crippen MR) is 88.2 cm³/mol. The summed E-state index contributed by atoms with van der Waals surface area (Å²) in [4.78, 5) is 14.1. The number of nitrogens with zero attached hydrogens (tertiary/aromatic N) is 2. The molecule has 0 bridgehead atoms. The number of hydrogen-bond donors (Lipinski definition) is 2. The highest BCUT2D eigenvalue weighted by Gasteiger charge is 2.23. The zero-order valence-electron chi connectivity index (χ0n) is 12.5. The number of rotatable bonds is 3. The fourth-order valence-electron chi connectivity index (χ4n) is 2.32. The number of hydrogen-bond acceptors (Lipinski definition) is 4. The van der Waals surface area contributed by atoms with Gasteiger partial charge in [0, 0.05) is 25.0 Å². The summed E-state index contributed by atoms with van der Waals surface area (Å²) in [5.41, 5.74) is 6.85. The summed E-state index contributed by atoms with van der Waals surface area (Å²) in [6, 6.07) is 6.96. The van der Waals surface area contributed by atoms with Crippen LogP contribution in [0.3, 0.4) is 0 Å². The van der Waals surface area contributed by atoms with Crippen LogP contribution in [0.15, 0.2) is 30.0 Å². The second-order valence-electron chi connectivity index (χ2n) is 5.53. The molecule has 0 saturated carbocycles. The number of nitrogen functional groups attached to an aromatic ring is 1. The molecule has 5 nitrogen and oxygen atoms in total. The Kier molecular flexibility index (Phi) is 5.29. The summed E-state index contributed by atoms with van der Waals surface area (Å²) in [6.07, 6.45) is 3.35. The van der Waals surface area contributed by atoms with Crippen molar-refractivity contribution in [3.63, 3.8) is 0 Å². The van der Waals surface area contributed by atoms with E-state index >= 15 is 0 Å². The molecule has 0 atom stereocenters. The van der Waals surface area contributed by atoms with Crippen LogP contribution in [0, 0.1) is 17.2 Å². The van der Waals surface area contributed by atoms with Gasteiger partial charge in [-0.3, -0.25) is 4.79 Å². The van der Waals surface area contributed by atoms with Gasteiger partial charge in [0.2, 0.25) is 0 Å². The first-order valence-electron chi connectivity index (χ1n) is 7.22. The highest BCUT2D eigenvalue weighted by atomic mass is 35.5. The summed E-state index contributed by atoms with van der Waals surface area (Å²) in [5.74, 6) is 0.388. The molecule has 1 aliphatic rings. The van der Waals surface area contributed by atoms with Crippen molar-refractivity contribution in [1.29, 1.82) is 5.26 Å². The third-order valence-electron chi connectivity index (χ3n) is 3.79. The summed E-state index contributed by atoms with van der Waals surface area (Å²) in [6.45, 7) is 3.57. The molecule has 1 aliphatic heterocycles. The van der Waals surface area contributed by atoms with Crippen LogP contribution in [0.5, 0.6) is 0 Å². The predicted octanol–water partition coefficient (Wildman–Crippen LogP) is 3.00. The summed E-state index contributed by atoms with van der Waals surface area (Å²) >= 11 is 6.05.